The molecule has 2 aliphatic rings. The van der Waals surface area contributed by atoms with E-state index in [4.69, 9.17) is 0 Å². The molecule has 0 spiro atoms. The molecule has 0 saturated carbocycles. The Labute approximate surface area is 120 Å². The molecule has 3 rings (SSSR count). The standard InChI is InChI=1S/C17H22FNO/c1-10-6-13(18)7-11(2)16(10)17(20)12-8-14-4-5-15(9-12)19(14)3/h6-7,12,14-15H,4-5,8-9H2,1-3H3. The van der Waals surface area contributed by atoms with Gasteiger partial charge < -0.3 is 4.90 Å². The minimum absolute atomic E-state index is 0.117. The summed E-state index contributed by atoms with van der Waals surface area (Å²) in [6.45, 7) is 3.68. The highest BCUT2D eigenvalue weighted by atomic mass is 19.1. The molecule has 3 heteroatoms. The molecule has 0 aromatic heterocycles. The summed E-state index contributed by atoms with van der Waals surface area (Å²) >= 11 is 0. The van der Waals surface area contributed by atoms with E-state index in [0.717, 1.165) is 29.5 Å². The van der Waals surface area contributed by atoms with Crippen LogP contribution in [0.15, 0.2) is 12.1 Å². The summed E-state index contributed by atoms with van der Waals surface area (Å²) in [7, 11) is 2.18. The first-order valence-corrected chi connectivity index (χ1v) is 7.50. The van der Waals surface area contributed by atoms with E-state index in [1.54, 1.807) is 0 Å². The molecule has 0 aliphatic carbocycles. The van der Waals surface area contributed by atoms with Crippen LogP contribution in [0.1, 0.15) is 47.2 Å². The highest BCUT2D eigenvalue weighted by Gasteiger charge is 2.41. The number of hydrogen-bond donors (Lipinski definition) is 0. The molecule has 0 radical (unpaired) electrons. The molecule has 20 heavy (non-hydrogen) atoms. The van der Waals surface area contributed by atoms with Gasteiger partial charge in [-0.05, 0) is 69.8 Å². The molecule has 0 amide bonds. The number of ketones is 1. The van der Waals surface area contributed by atoms with Crippen LogP contribution >= 0.6 is 0 Å². The predicted molar refractivity (Wildman–Crippen MR) is 77.5 cm³/mol. The van der Waals surface area contributed by atoms with Gasteiger partial charge in [-0.3, -0.25) is 4.79 Å². The lowest BCUT2D eigenvalue weighted by Crippen LogP contribution is -2.42. The number of piperidine rings is 1. The van der Waals surface area contributed by atoms with Crippen molar-refractivity contribution < 1.29 is 9.18 Å². The molecule has 2 fully saturated rings. The van der Waals surface area contributed by atoms with Gasteiger partial charge in [-0.25, -0.2) is 4.39 Å². The van der Waals surface area contributed by atoms with E-state index in [9.17, 15) is 9.18 Å². The van der Waals surface area contributed by atoms with Crippen LogP contribution in [-0.4, -0.2) is 29.8 Å². The fraction of sp³-hybridized carbons (Fsp3) is 0.588. The zero-order valence-electron chi connectivity index (χ0n) is 12.4. The summed E-state index contributed by atoms with van der Waals surface area (Å²) in [4.78, 5) is 15.3. The average molecular weight is 275 g/mol. The molecule has 2 bridgehead atoms. The first-order valence-electron chi connectivity index (χ1n) is 7.50. The number of carbonyl (C=O) groups excluding carboxylic acids is 1. The third-order valence-corrected chi connectivity index (χ3v) is 5.21. The molecule has 0 N–H and O–H groups in total. The van der Waals surface area contributed by atoms with E-state index in [1.807, 2.05) is 13.8 Å². The Morgan fingerprint density at radius 2 is 1.65 bits per heavy atom. The summed E-state index contributed by atoms with van der Waals surface area (Å²) in [5, 5.41) is 0. The van der Waals surface area contributed by atoms with Gasteiger partial charge in [0.15, 0.2) is 5.78 Å². The van der Waals surface area contributed by atoms with Crippen molar-refractivity contribution in [3.63, 3.8) is 0 Å². The summed E-state index contributed by atoms with van der Waals surface area (Å²) in [6.07, 6.45) is 4.35. The smallest absolute Gasteiger partial charge is 0.166 e. The van der Waals surface area contributed by atoms with Crippen LogP contribution in [0.4, 0.5) is 4.39 Å². The summed E-state index contributed by atoms with van der Waals surface area (Å²) in [5.74, 6) is 0.0940. The lowest BCUT2D eigenvalue weighted by molar-refractivity contribution is 0.0766. The minimum Gasteiger partial charge on any atom is -0.300 e. The van der Waals surface area contributed by atoms with Crippen LogP contribution in [0.25, 0.3) is 0 Å². The Morgan fingerprint density at radius 3 is 2.15 bits per heavy atom. The number of rotatable bonds is 2. The van der Waals surface area contributed by atoms with E-state index >= 15 is 0 Å². The lowest BCUT2D eigenvalue weighted by atomic mass is 9.82. The normalized spacial score (nSPS) is 29.7. The number of halogens is 1. The third kappa shape index (κ3) is 2.18. The fourth-order valence-corrected chi connectivity index (χ4v) is 4.13. The van der Waals surface area contributed by atoms with Gasteiger partial charge in [0.1, 0.15) is 5.82 Å². The van der Waals surface area contributed by atoms with Crippen LogP contribution in [0.3, 0.4) is 0 Å². The quantitative estimate of drug-likeness (QED) is 0.770. The van der Waals surface area contributed by atoms with E-state index in [2.05, 4.69) is 11.9 Å². The van der Waals surface area contributed by atoms with Crippen LogP contribution in [0.5, 0.6) is 0 Å². The number of benzene rings is 1. The Balaban J connectivity index is 1.87. The minimum atomic E-state index is -0.250. The van der Waals surface area contributed by atoms with Gasteiger partial charge in [-0.2, -0.15) is 0 Å². The largest absolute Gasteiger partial charge is 0.300 e. The molecule has 1 aromatic rings. The third-order valence-electron chi connectivity index (χ3n) is 5.21. The van der Waals surface area contributed by atoms with Gasteiger partial charge in [-0.1, -0.05) is 0 Å². The van der Waals surface area contributed by atoms with Gasteiger partial charge in [0, 0.05) is 23.6 Å². The maximum atomic E-state index is 13.4. The summed E-state index contributed by atoms with van der Waals surface area (Å²) in [6, 6.07) is 4.07. The molecule has 2 aliphatic heterocycles. The van der Waals surface area contributed by atoms with E-state index < -0.39 is 0 Å². The molecule has 2 nitrogen and oxygen atoms in total. The molecular weight excluding hydrogens is 253 g/mol. The van der Waals surface area contributed by atoms with E-state index in [-0.39, 0.29) is 17.5 Å². The highest BCUT2D eigenvalue weighted by Crippen LogP contribution is 2.39. The number of nitrogens with zero attached hydrogens (tertiary/aromatic N) is 1. The van der Waals surface area contributed by atoms with Crippen LogP contribution < -0.4 is 0 Å². The van der Waals surface area contributed by atoms with Crippen molar-refractivity contribution in [2.45, 2.75) is 51.6 Å². The number of hydrogen-bond acceptors (Lipinski definition) is 2. The maximum Gasteiger partial charge on any atom is 0.166 e. The van der Waals surface area contributed by atoms with Crippen LogP contribution in [0.2, 0.25) is 0 Å². The first-order chi connectivity index (χ1) is 9.47. The molecule has 2 atom stereocenters. The fourth-order valence-electron chi connectivity index (χ4n) is 4.13. The number of fused-ring (bicyclic) bond motifs is 2. The van der Waals surface area contributed by atoms with E-state index in [1.165, 1.54) is 25.0 Å². The summed E-state index contributed by atoms with van der Waals surface area (Å²) in [5.41, 5.74) is 2.30. The van der Waals surface area contributed by atoms with Gasteiger partial charge in [0.05, 0.1) is 0 Å². The molecule has 2 heterocycles. The second kappa shape index (κ2) is 4.96. The Morgan fingerprint density at radius 1 is 1.15 bits per heavy atom. The average Bonchev–Trinajstić information content (AvgIpc) is 2.61. The monoisotopic (exact) mass is 275 g/mol. The van der Waals surface area contributed by atoms with E-state index in [0.29, 0.717) is 12.1 Å². The Hall–Kier alpha value is -1.22. The predicted octanol–water partition coefficient (Wildman–Crippen LogP) is 3.50. The molecule has 108 valence electrons. The topological polar surface area (TPSA) is 20.3 Å². The zero-order valence-corrected chi connectivity index (χ0v) is 12.4. The first kappa shape index (κ1) is 13.7. The zero-order chi connectivity index (χ0) is 14.4. The number of aryl methyl sites for hydroxylation is 2. The molecule has 2 saturated heterocycles. The van der Waals surface area contributed by atoms with Crippen molar-refractivity contribution in [1.82, 2.24) is 4.90 Å². The van der Waals surface area contributed by atoms with Crippen LogP contribution in [0, 0.1) is 25.6 Å². The lowest BCUT2D eigenvalue weighted by Gasteiger charge is -2.36. The number of Topliss-reactive ketones (excluding diaryl/α,β-unsaturated/α-hetero) is 1. The van der Waals surface area contributed by atoms with Crippen molar-refractivity contribution >= 4 is 5.78 Å². The Bertz CT molecular complexity index is 517. The molecular formula is C17H22FNO. The molecule has 2 unspecified atom stereocenters. The molecule has 1 aromatic carbocycles. The maximum absolute atomic E-state index is 13.4. The highest BCUT2D eigenvalue weighted by molar-refractivity contribution is 6.00. The van der Waals surface area contributed by atoms with Gasteiger partial charge >= 0.3 is 0 Å². The Kier molecular flexibility index (Phi) is 3.41. The van der Waals surface area contributed by atoms with Gasteiger partial charge in [0.2, 0.25) is 0 Å². The van der Waals surface area contributed by atoms with Crippen molar-refractivity contribution in [1.29, 1.82) is 0 Å². The van der Waals surface area contributed by atoms with Gasteiger partial charge in [-0.15, -0.1) is 0 Å². The van der Waals surface area contributed by atoms with Crippen LogP contribution in [-0.2, 0) is 0 Å². The second-order valence-corrected chi connectivity index (χ2v) is 6.50. The SMILES string of the molecule is Cc1cc(F)cc(C)c1C(=O)C1CC2CCC(C1)N2C. The second-order valence-electron chi connectivity index (χ2n) is 6.50. The van der Waals surface area contributed by atoms with Crippen molar-refractivity contribution in [3.8, 4) is 0 Å². The van der Waals surface area contributed by atoms with Gasteiger partial charge in [0.25, 0.3) is 0 Å². The van der Waals surface area contributed by atoms with Crippen molar-refractivity contribution in [2.75, 3.05) is 7.05 Å². The van der Waals surface area contributed by atoms with Crippen molar-refractivity contribution in [2.24, 2.45) is 5.92 Å². The van der Waals surface area contributed by atoms with Crippen molar-refractivity contribution in [3.05, 3.63) is 34.6 Å². The summed E-state index contributed by atoms with van der Waals surface area (Å²) < 4.78 is 13.4. The number of carbonyl (C=O) groups is 1.